The quantitative estimate of drug-likeness (QED) is 0.779. The fourth-order valence-electron chi connectivity index (χ4n) is 1.51. The van der Waals surface area contributed by atoms with Crippen LogP contribution in [0.3, 0.4) is 0 Å². The van der Waals surface area contributed by atoms with Gasteiger partial charge < -0.3 is 10.5 Å². The molecule has 1 aromatic carbocycles. The molecule has 0 aliphatic rings. The van der Waals surface area contributed by atoms with Crippen molar-refractivity contribution >= 4 is 0 Å². The summed E-state index contributed by atoms with van der Waals surface area (Å²) >= 11 is 0. The van der Waals surface area contributed by atoms with Crippen molar-refractivity contribution in [2.24, 2.45) is 11.7 Å². The van der Waals surface area contributed by atoms with E-state index in [1.165, 1.54) is 5.56 Å². The van der Waals surface area contributed by atoms with E-state index in [1.54, 1.807) is 0 Å². The zero-order chi connectivity index (χ0) is 10.4. The molecular weight excluding hydrogens is 174 g/mol. The maximum absolute atomic E-state index is 5.71. The second-order valence-corrected chi connectivity index (χ2v) is 3.73. The Balaban J connectivity index is 2.68. The second kappa shape index (κ2) is 5.78. The van der Waals surface area contributed by atoms with E-state index in [1.807, 2.05) is 18.2 Å². The van der Waals surface area contributed by atoms with Gasteiger partial charge in [-0.3, -0.25) is 0 Å². The monoisotopic (exact) mass is 193 g/mol. The van der Waals surface area contributed by atoms with E-state index in [9.17, 15) is 0 Å². The summed E-state index contributed by atoms with van der Waals surface area (Å²) in [6.45, 7) is 5.52. The molecule has 0 fully saturated rings. The molecule has 1 rings (SSSR count). The van der Waals surface area contributed by atoms with Gasteiger partial charge in [0.2, 0.25) is 0 Å². The normalized spacial score (nSPS) is 13.1. The first-order valence-electron chi connectivity index (χ1n) is 5.12. The number of hydrogen-bond donors (Lipinski definition) is 1. The summed E-state index contributed by atoms with van der Waals surface area (Å²) in [7, 11) is 0. The van der Waals surface area contributed by atoms with Gasteiger partial charge in [0.15, 0.2) is 0 Å². The number of ether oxygens (including phenoxy) is 1. The van der Waals surface area contributed by atoms with E-state index in [2.05, 4.69) is 26.0 Å². The lowest BCUT2D eigenvalue weighted by atomic mass is 9.99. The Bertz CT molecular complexity index is 246. The summed E-state index contributed by atoms with van der Waals surface area (Å²) in [5.41, 5.74) is 6.66. The van der Waals surface area contributed by atoms with Crippen LogP contribution < -0.4 is 5.73 Å². The first-order chi connectivity index (χ1) is 6.75. The first kappa shape index (κ1) is 11.2. The first-order valence-corrected chi connectivity index (χ1v) is 5.12. The van der Waals surface area contributed by atoms with Crippen molar-refractivity contribution in [3.8, 4) is 0 Å². The minimum atomic E-state index is 0.166. The van der Waals surface area contributed by atoms with Crippen molar-refractivity contribution in [2.75, 3.05) is 13.2 Å². The predicted octanol–water partition coefficient (Wildman–Crippen LogP) is 2.36. The summed E-state index contributed by atoms with van der Waals surface area (Å²) in [6, 6.07) is 10.3. The Kier molecular flexibility index (Phi) is 4.63. The Morgan fingerprint density at radius 1 is 1.21 bits per heavy atom. The van der Waals surface area contributed by atoms with Crippen LogP contribution in [0.25, 0.3) is 0 Å². The second-order valence-electron chi connectivity index (χ2n) is 3.73. The highest BCUT2D eigenvalue weighted by Crippen LogP contribution is 2.24. The van der Waals surface area contributed by atoms with Crippen LogP contribution in [0.15, 0.2) is 30.3 Å². The molecule has 0 unspecified atom stereocenters. The van der Waals surface area contributed by atoms with Crippen molar-refractivity contribution in [3.63, 3.8) is 0 Å². The van der Waals surface area contributed by atoms with Crippen LogP contribution in [0.2, 0.25) is 0 Å². The van der Waals surface area contributed by atoms with E-state index >= 15 is 0 Å². The van der Waals surface area contributed by atoms with Crippen molar-refractivity contribution in [1.29, 1.82) is 0 Å². The van der Waals surface area contributed by atoms with E-state index in [4.69, 9.17) is 10.5 Å². The lowest BCUT2D eigenvalue weighted by Gasteiger charge is -2.21. The van der Waals surface area contributed by atoms with E-state index in [0.29, 0.717) is 19.1 Å². The number of hydrogen-bond acceptors (Lipinski definition) is 2. The fourth-order valence-corrected chi connectivity index (χ4v) is 1.51. The summed E-state index contributed by atoms with van der Waals surface area (Å²) in [5, 5.41) is 0. The molecule has 14 heavy (non-hydrogen) atoms. The molecule has 0 spiro atoms. The van der Waals surface area contributed by atoms with Crippen molar-refractivity contribution in [1.82, 2.24) is 0 Å². The van der Waals surface area contributed by atoms with Crippen molar-refractivity contribution in [2.45, 2.75) is 20.0 Å². The third kappa shape index (κ3) is 3.13. The standard InChI is InChI=1S/C12H19NO/c1-10(2)12(14-9-8-13)11-6-4-3-5-7-11/h3-7,10,12H,8-9,13H2,1-2H3/t12-/m1/s1. The van der Waals surface area contributed by atoms with Crippen molar-refractivity contribution < 1.29 is 4.74 Å². The number of nitrogens with two attached hydrogens (primary N) is 1. The molecule has 1 atom stereocenters. The third-order valence-corrected chi connectivity index (χ3v) is 2.15. The molecule has 0 aromatic heterocycles. The summed E-state index contributed by atoms with van der Waals surface area (Å²) in [6.07, 6.45) is 0.166. The lowest BCUT2D eigenvalue weighted by Crippen LogP contribution is -2.16. The van der Waals surface area contributed by atoms with E-state index < -0.39 is 0 Å². The predicted molar refractivity (Wildman–Crippen MR) is 59.0 cm³/mol. The van der Waals surface area contributed by atoms with Crippen LogP contribution in [-0.2, 0) is 4.74 Å². The lowest BCUT2D eigenvalue weighted by molar-refractivity contribution is 0.0259. The minimum absolute atomic E-state index is 0.166. The van der Waals surface area contributed by atoms with Gasteiger partial charge in [-0.2, -0.15) is 0 Å². The molecule has 0 bridgehead atoms. The highest BCUT2D eigenvalue weighted by atomic mass is 16.5. The topological polar surface area (TPSA) is 35.2 Å². The highest BCUT2D eigenvalue weighted by molar-refractivity contribution is 5.17. The third-order valence-electron chi connectivity index (χ3n) is 2.15. The largest absolute Gasteiger partial charge is 0.372 e. The average Bonchev–Trinajstić information content (AvgIpc) is 2.19. The number of rotatable bonds is 5. The molecule has 0 radical (unpaired) electrons. The summed E-state index contributed by atoms with van der Waals surface area (Å²) in [4.78, 5) is 0. The van der Waals surface area contributed by atoms with Gasteiger partial charge in [0.05, 0.1) is 12.7 Å². The van der Waals surface area contributed by atoms with E-state index in [0.717, 1.165) is 0 Å². The van der Waals surface area contributed by atoms with Crippen molar-refractivity contribution in [3.05, 3.63) is 35.9 Å². The zero-order valence-electron chi connectivity index (χ0n) is 8.94. The molecule has 0 saturated heterocycles. The molecule has 0 heterocycles. The molecule has 0 amide bonds. The van der Waals surface area contributed by atoms with Gasteiger partial charge >= 0.3 is 0 Å². The van der Waals surface area contributed by atoms with Gasteiger partial charge in [-0.25, -0.2) is 0 Å². The van der Waals surface area contributed by atoms with Gasteiger partial charge in [-0.1, -0.05) is 44.2 Å². The SMILES string of the molecule is CC(C)[C@@H](OCCN)c1ccccc1. The maximum Gasteiger partial charge on any atom is 0.0848 e. The molecule has 2 heteroatoms. The van der Waals surface area contributed by atoms with Crippen LogP contribution >= 0.6 is 0 Å². The minimum Gasteiger partial charge on any atom is -0.372 e. The Morgan fingerprint density at radius 2 is 1.86 bits per heavy atom. The zero-order valence-corrected chi connectivity index (χ0v) is 8.94. The highest BCUT2D eigenvalue weighted by Gasteiger charge is 2.15. The van der Waals surface area contributed by atoms with Crippen LogP contribution in [0, 0.1) is 5.92 Å². The Morgan fingerprint density at radius 3 is 2.36 bits per heavy atom. The van der Waals surface area contributed by atoms with Gasteiger partial charge in [0.25, 0.3) is 0 Å². The van der Waals surface area contributed by atoms with Crippen LogP contribution in [-0.4, -0.2) is 13.2 Å². The van der Waals surface area contributed by atoms with Crippen LogP contribution in [0.5, 0.6) is 0 Å². The Labute approximate surface area is 86.1 Å². The molecular formula is C12H19NO. The molecule has 78 valence electrons. The van der Waals surface area contributed by atoms with E-state index in [-0.39, 0.29) is 6.10 Å². The van der Waals surface area contributed by atoms with Crippen LogP contribution in [0.1, 0.15) is 25.5 Å². The van der Waals surface area contributed by atoms with Gasteiger partial charge in [-0.05, 0) is 11.5 Å². The maximum atomic E-state index is 5.71. The molecule has 0 saturated carbocycles. The van der Waals surface area contributed by atoms with Gasteiger partial charge in [-0.15, -0.1) is 0 Å². The summed E-state index contributed by atoms with van der Waals surface area (Å²) in [5.74, 6) is 0.476. The Hall–Kier alpha value is -0.860. The van der Waals surface area contributed by atoms with Crippen LogP contribution in [0.4, 0.5) is 0 Å². The molecule has 0 aliphatic heterocycles. The summed E-state index contributed by atoms with van der Waals surface area (Å²) < 4.78 is 5.71. The van der Waals surface area contributed by atoms with Gasteiger partial charge in [0.1, 0.15) is 0 Å². The molecule has 2 N–H and O–H groups in total. The molecule has 2 nitrogen and oxygen atoms in total. The smallest absolute Gasteiger partial charge is 0.0848 e. The molecule has 1 aromatic rings. The molecule has 0 aliphatic carbocycles. The van der Waals surface area contributed by atoms with Gasteiger partial charge in [0, 0.05) is 6.54 Å². The average molecular weight is 193 g/mol. The fraction of sp³-hybridized carbons (Fsp3) is 0.500. The number of benzene rings is 1.